The molecule has 0 saturated carbocycles. The third kappa shape index (κ3) is 1.86. The molecule has 1 aromatic rings. The molecule has 2 rings (SSSR count). The highest BCUT2D eigenvalue weighted by atomic mass is 32.2. The Balaban J connectivity index is 2.68. The highest BCUT2D eigenvalue weighted by Crippen LogP contribution is 2.32. The molecule has 0 radical (unpaired) electrons. The van der Waals surface area contributed by atoms with E-state index < -0.39 is 14.9 Å². The maximum absolute atomic E-state index is 11.7. The molecule has 0 bridgehead atoms. The number of anilines is 1. The first-order valence-corrected chi connectivity index (χ1v) is 6.25. The minimum Gasteiger partial charge on any atom is -0.331 e. The Morgan fingerprint density at radius 3 is 2.76 bits per heavy atom. The highest BCUT2D eigenvalue weighted by Gasteiger charge is 2.27. The highest BCUT2D eigenvalue weighted by molar-refractivity contribution is 7.90. The Kier molecular flexibility index (Phi) is 2.58. The van der Waals surface area contributed by atoms with Crippen molar-refractivity contribution in [1.82, 2.24) is 0 Å². The van der Waals surface area contributed by atoms with Crippen molar-refractivity contribution < 1.29 is 13.3 Å². The molecule has 0 spiro atoms. The zero-order valence-electron chi connectivity index (χ0n) is 8.90. The van der Waals surface area contributed by atoms with E-state index in [9.17, 15) is 18.5 Å². The summed E-state index contributed by atoms with van der Waals surface area (Å²) in [7, 11) is -3.82. The fourth-order valence-electron chi connectivity index (χ4n) is 1.55. The third-order valence-electron chi connectivity index (χ3n) is 2.41. The predicted octanol–water partition coefficient (Wildman–Crippen LogP) is 1.15. The molecule has 0 fully saturated rings. The molecule has 0 saturated heterocycles. The van der Waals surface area contributed by atoms with Crippen molar-refractivity contribution >= 4 is 27.7 Å². The molecule has 90 valence electrons. The molecule has 17 heavy (non-hydrogen) atoms. The van der Waals surface area contributed by atoms with Gasteiger partial charge in [-0.15, -0.1) is 4.40 Å². The van der Waals surface area contributed by atoms with Crippen LogP contribution in [0.3, 0.4) is 0 Å². The van der Waals surface area contributed by atoms with Crippen molar-refractivity contribution in [3.8, 4) is 0 Å². The van der Waals surface area contributed by atoms with E-state index in [1.165, 1.54) is 18.5 Å². The summed E-state index contributed by atoms with van der Waals surface area (Å²) in [5.74, 6) is 0. The number of fused-ring (bicyclic) bond motifs is 1. The molecule has 1 aliphatic rings. The molecule has 1 heterocycles. The van der Waals surface area contributed by atoms with Gasteiger partial charge in [0.05, 0.1) is 10.6 Å². The number of nitro groups is 1. The molecule has 0 atom stereocenters. The van der Waals surface area contributed by atoms with Crippen molar-refractivity contribution in [1.29, 1.82) is 0 Å². The van der Waals surface area contributed by atoms with E-state index >= 15 is 0 Å². The number of nitro benzene ring substituents is 1. The van der Waals surface area contributed by atoms with Crippen LogP contribution < -0.4 is 4.90 Å². The number of non-ortho nitro benzene ring substituents is 1. The lowest BCUT2D eigenvalue weighted by Crippen LogP contribution is -2.26. The Hall–Kier alpha value is -1.96. The molecule has 0 unspecified atom stereocenters. The lowest BCUT2D eigenvalue weighted by atomic mass is 10.2. The number of nitrogens with zero attached hydrogens (tertiary/aromatic N) is 3. The maximum Gasteiger partial charge on any atom is 0.286 e. The number of hydrogen-bond donors (Lipinski definition) is 0. The predicted molar refractivity (Wildman–Crippen MR) is 61.8 cm³/mol. The minimum absolute atomic E-state index is 0.129. The van der Waals surface area contributed by atoms with Crippen LogP contribution in [-0.2, 0) is 10.0 Å². The van der Waals surface area contributed by atoms with Gasteiger partial charge in [0, 0.05) is 18.7 Å². The molecule has 8 heteroatoms. The Bertz CT molecular complexity index is 609. The fraction of sp³-hybridized carbons (Fsp3) is 0.222. The first kappa shape index (κ1) is 11.5. The molecule has 7 nitrogen and oxygen atoms in total. The molecular weight excluding hydrogens is 246 g/mol. The number of benzene rings is 1. The summed E-state index contributed by atoms with van der Waals surface area (Å²) in [6.45, 7) is 2.36. The topological polar surface area (TPSA) is 92.9 Å². The van der Waals surface area contributed by atoms with E-state index in [-0.39, 0.29) is 10.6 Å². The van der Waals surface area contributed by atoms with Crippen LogP contribution in [0.15, 0.2) is 27.5 Å². The summed E-state index contributed by atoms with van der Waals surface area (Å²) in [5.41, 5.74) is 0.147. The normalized spacial score (nSPS) is 16.6. The van der Waals surface area contributed by atoms with Crippen molar-refractivity contribution in [2.75, 3.05) is 11.4 Å². The number of hydrogen-bond acceptors (Lipinski definition) is 5. The van der Waals surface area contributed by atoms with Crippen LogP contribution >= 0.6 is 0 Å². The van der Waals surface area contributed by atoms with Crippen molar-refractivity contribution in [3.05, 3.63) is 28.3 Å². The van der Waals surface area contributed by atoms with Crippen LogP contribution in [0.5, 0.6) is 0 Å². The summed E-state index contributed by atoms with van der Waals surface area (Å²) >= 11 is 0. The first-order chi connectivity index (χ1) is 7.95. The van der Waals surface area contributed by atoms with Crippen molar-refractivity contribution in [2.45, 2.75) is 11.8 Å². The largest absolute Gasteiger partial charge is 0.331 e. The van der Waals surface area contributed by atoms with Gasteiger partial charge in [0.1, 0.15) is 11.2 Å². The van der Waals surface area contributed by atoms with Gasteiger partial charge in [0.2, 0.25) is 0 Å². The molecule has 0 amide bonds. The van der Waals surface area contributed by atoms with Gasteiger partial charge in [-0.2, -0.15) is 8.42 Å². The smallest absolute Gasteiger partial charge is 0.286 e. The zero-order valence-corrected chi connectivity index (χ0v) is 9.72. The van der Waals surface area contributed by atoms with Crippen LogP contribution in [0.25, 0.3) is 0 Å². The molecule has 0 aromatic heterocycles. The van der Waals surface area contributed by atoms with E-state index in [1.54, 1.807) is 4.90 Å². The average molecular weight is 255 g/mol. The minimum atomic E-state index is -3.82. The Labute approximate surface area is 97.6 Å². The zero-order chi connectivity index (χ0) is 12.6. The van der Waals surface area contributed by atoms with Crippen molar-refractivity contribution in [2.24, 2.45) is 4.40 Å². The molecule has 1 aromatic carbocycles. The number of rotatable bonds is 2. The molecule has 0 N–H and O–H groups in total. The van der Waals surface area contributed by atoms with Gasteiger partial charge in [0.25, 0.3) is 15.7 Å². The van der Waals surface area contributed by atoms with Gasteiger partial charge in [-0.25, -0.2) is 0 Å². The van der Waals surface area contributed by atoms with Gasteiger partial charge < -0.3 is 4.90 Å². The van der Waals surface area contributed by atoms with E-state index in [4.69, 9.17) is 0 Å². The summed E-state index contributed by atoms with van der Waals surface area (Å²) in [4.78, 5) is 11.5. The average Bonchev–Trinajstić information content (AvgIpc) is 2.29. The van der Waals surface area contributed by atoms with E-state index in [0.717, 1.165) is 6.07 Å². The van der Waals surface area contributed by atoms with E-state index in [1.807, 2.05) is 6.92 Å². The second kappa shape index (κ2) is 3.81. The van der Waals surface area contributed by atoms with Crippen LogP contribution in [0.1, 0.15) is 6.92 Å². The number of sulfonamides is 1. The van der Waals surface area contributed by atoms with E-state index in [2.05, 4.69) is 4.40 Å². The standard InChI is InChI=1S/C9H9N3O4S/c1-2-11-6-10-17(15,16)9-5-7(12(13)14)3-4-8(9)11/h3-6H,2H2,1H3. The van der Waals surface area contributed by atoms with Gasteiger partial charge in [-0.3, -0.25) is 10.1 Å². The SMILES string of the molecule is CCN1C=NS(=O)(=O)c2cc([N+](=O)[O-])ccc21. The van der Waals surface area contributed by atoms with E-state index in [0.29, 0.717) is 12.2 Å². The van der Waals surface area contributed by atoms with Crippen LogP contribution in [0, 0.1) is 10.1 Å². The van der Waals surface area contributed by atoms with Gasteiger partial charge in [0.15, 0.2) is 0 Å². The monoisotopic (exact) mass is 255 g/mol. The lowest BCUT2D eigenvalue weighted by molar-refractivity contribution is -0.385. The molecular formula is C9H9N3O4S. The maximum atomic E-state index is 11.7. The molecule has 0 aliphatic carbocycles. The quantitative estimate of drug-likeness (QED) is 0.583. The van der Waals surface area contributed by atoms with Gasteiger partial charge >= 0.3 is 0 Å². The molecule has 1 aliphatic heterocycles. The van der Waals surface area contributed by atoms with Crippen molar-refractivity contribution in [3.63, 3.8) is 0 Å². The fourth-order valence-corrected chi connectivity index (χ4v) is 2.62. The lowest BCUT2D eigenvalue weighted by Gasteiger charge is -2.23. The van der Waals surface area contributed by atoms with Gasteiger partial charge in [-0.1, -0.05) is 0 Å². The summed E-state index contributed by atoms with van der Waals surface area (Å²) < 4.78 is 26.7. The summed E-state index contributed by atoms with van der Waals surface area (Å²) in [6.07, 6.45) is 1.21. The summed E-state index contributed by atoms with van der Waals surface area (Å²) in [6, 6.07) is 3.72. The van der Waals surface area contributed by atoms with Crippen LogP contribution in [0.2, 0.25) is 0 Å². The first-order valence-electron chi connectivity index (χ1n) is 4.81. The summed E-state index contributed by atoms with van der Waals surface area (Å²) in [5, 5.41) is 10.6. The Morgan fingerprint density at radius 1 is 1.47 bits per heavy atom. The van der Waals surface area contributed by atoms with Gasteiger partial charge in [-0.05, 0) is 13.0 Å². The van der Waals surface area contributed by atoms with Crippen LogP contribution in [-0.4, -0.2) is 26.2 Å². The van der Waals surface area contributed by atoms with Crippen LogP contribution in [0.4, 0.5) is 11.4 Å². The second-order valence-electron chi connectivity index (χ2n) is 3.39. The Morgan fingerprint density at radius 2 is 2.18 bits per heavy atom. The second-order valence-corrected chi connectivity index (χ2v) is 4.99. The third-order valence-corrected chi connectivity index (χ3v) is 3.66.